The molecule has 0 bridgehead atoms. The molecule has 0 rings (SSSR count). The van der Waals surface area contributed by atoms with Gasteiger partial charge in [-0.05, 0) is 18.9 Å². The molecule has 14 heavy (non-hydrogen) atoms. The molecular formula is C10H20O3Si. The molecule has 0 radical (unpaired) electrons. The number of hydrogen-bond acceptors (Lipinski definition) is 3. The van der Waals surface area contributed by atoms with E-state index in [1.165, 1.54) is 0 Å². The van der Waals surface area contributed by atoms with Crippen molar-refractivity contribution in [2.45, 2.75) is 32.2 Å². The van der Waals surface area contributed by atoms with Crippen LogP contribution in [0.1, 0.15) is 26.7 Å². The molecule has 0 aromatic heterocycles. The van der Waals surface area contributed by atoms with Gasteiger partial charge < -0.3 is 9.16 Å². The number of rotatable bonds is 7. The average molecular weight is 216 g/mol. The summed E-state index contributed by atoms with van der Waals surface area (Å²) in [7, 11) is 1.30. The molecule has 0 heterocycles. The van der Waals surface area contributed by atoms with E-state index >= 15 is 0 Å². The SMILES string of the molecule is C=C(C)C(=O)OCCC(CC)[SiH2]OC. The summed E-state index contributed by atoms with van der Waals surface area (Å²) in [4.78, 5) is 11.0. The van der Waals surface area contributed by atoms with Crippen LogP contribution < -0.4 is 0 Å². The first-order valence-corrected chi connectivity index (χ1v) is 6.32. The number of carbonyl (C=O) groups is 1. The highest BCUT2D eigenvalue weighted by Crippen LogP contribution is 2.14. The minimum absolute atomic E-state index is 0.293. The third kappa shape index (κ3) is 5.94. The highest BCUT2D eigenvalue weighted by molar-refractivity contribution is 6.29. The Hall–Kier alpha value is -0.613. The van der Waals surface area contributed by atoms with Gasteiger partial charge in [0.25, 0.3) is 0 Å². The fourth-order valence-electron chi connectivity index (χ4n) is 1.08. The quantitative estimate of drug-likeness (QED) is 0.367. The van der Waals surface area contributed by atoms with Gasteiger partial charge in [-0.15, -0.1) is 0 Å². The first kappa shape index (κ1) is 13.4. The van der Waals surface area contributed by atoms with Gasteiger partial charge in [0, 0.05) is 12.7 Å². The lowest BCUT2D eigenvalue weighted by Crippen LogP contribution is -2.11. The third-order valence-electron chi connectivity index (χ3n) is 2.09. The summed E-state index contributed by atoms with van der Waals surface area (Å²) in [6, 6.07) is 0. The largest absolute Gasteiger partial charge is 0.462 e. The van der Waals surface area contributed by atoms with Gasteiger partial charge in [-0.1, -0.05) is 19.9 Å². The summed E-state index contributed by atoms with van der Waals surface area (Å²) in [5, 5.41) is 0. The molecule has 3 nitrogen and oxygen atoms in total. The maximum atomic E-state index is 11.0. The topological polar surface area (TPSA) is 35.5 Å². The molecule has 0 spiro atoms. The first-order valence-electron chi connectivity index (χ1n) is 4.93. The van der Waals surface area contributed by atoms with E-state index < -0.39 is 9.76 Å². The van der Waals surface area contributed by atoms with E-state index in [2.05, 4.69) is 13.5 Å². The van der Waals surface area contributed by atoms with Gasteiger partial charge in [0.1, 0.15) is 0 Å². The van der Waals surface area contributed by atoms with Crippen LogP contribution >= 0.6 is 0 Å². The monoisotopic (exact) mass is 216 g/mol. The van der Waals surface area contributed by atoms with Gasteiger partial charge in [-0.3, -0.25) is 0 Å². The third-order valence-corrected chi connectivity index (χ3v) is 3.88. The molecule has 0 fully saturated rings. The molecule has 0 saturated carbocycles. The van der Waals surface area contributed by atoms with Crippen LogP contribution in [0.5, 0.6) is 0 Å². The van der Waals surface area contributed by atoms with E-state index in [0.717, 1.165) is 12.8 Å². The fourth-order valence-corrected chi connectivity index (χ4v) is 2.12. The molecule has 0 aliphatic carbocycles. The van der Waals surface area contributed by atoms with Crippen LogP contribution in [0.15, 0.2) is 12.2 Å². The minimum atomic E-state index is -0.442. The Morgan fingerprint density at radius 2 is 2.21 bits per heavy atom. The van der Waals surface area contributed by atoms with Gasteiger partial charge in [0.15, 0.2) is 9.76 Å². The molecule has 0 aliphatic heterocycles. The van der Waals surface area contributed by atoms with E-state index in [9.17, 15) is 4.79 Å². The zero-order chi connectivity index (χ0) is 11.0. The maximum Gasteiger partial charge on any atom is 0.333 e. The van der Waals surface area contributed by atoms with Crippen molar-refractivity contribution in [2.24, 2.45) is 0 Å². The summed E-state index contributed by atoms with van der Waals surface area (Å²) in [5.41, 5.74) is 1.07. The van der Waals surface area contributed by atoms with E-state index in [4.69, 9.17) is 9.16 Å². The van der Waals surface area contributed by atoms with Crippen LogP contribution in [-0.2, 0) is 14.0 Å². The van der Waals surface area contributed by atoms with Crippen molar-refractivity contribution in [1.82, 2.24) is 0 Å². The zero-order valence-electron chi connectivity index (χ0n) is 9.34. The summed E-state index contributed by atoms with van der Waals surface area (Å²) in [6.07, 6.45) is 2.01. The van der Waals surface area contributed by atoms with Crippen molar-refractivity contribution in [3.8, 4) is 0 Å². The Balaban J connectivity index is 3.60. The Kier molecular flexibility index (Phi) is 7.42. The normalized spacial score (nSPS) is 13.1. The van der Waals surface area contributed by atoms with Crippen molar-refractivity contribution < 1.29 is 14.0 Å². The minimum Gasteiger partial charge on any atom is -0.462 e. The number of esters is 1. The molecule has 0 aromatic carbocycles. The second-order valence-electron chi connectivity index (χ2n) is 3.43. The van der Waals surface area contributed by atoms with Crippen LogP contribution in [0.4, 0.5) is 0 Å². The highest BCUT2D eigenvalue weighted by atomic mass is 28.2. The molecule has 4 heteroatoms. The fraction of sp³-hybridized carbons (Fsp3) is 0.700. The van der Waals surface area contributed by atoms with Crippen LogP contribution in [0.2, 0.25) is 5.54 Å². The first-order chi connectivity index (χ1) is 6.61. The summed E-state index contributed by atoms with van der Waals surface area (Å²) < 4.78 is 10.2. The van der Waals surface area contributed by atoms with Gasteiger partial charge >= 0.3 is 5.97 Å². The van der Waals surface area contributed by atoms with Gasteiger partial charge in [0.2, 0.25) is 0 Å². The molecule has 82 valence electrons. The highest BCUT2D eigenvalue weighted by Gasteiger charge is 2.08. The summed E-state index contributed by atoms with van der Waals surface area (Å²) in [5.74, 6) is -0.293. The lowest BCUT2D eigenvalue weighted by molar-refractivity contribution is -0.139. The van der Waals surface area contributed by atoms with E-state index in [1.807, 2.05) is 0 Å². The molecule has 0 N–H and O–H groups in total. The summed E-state index contributed by atoms with van der Waals surface area (Å²) >= 11 is 0. The maximum absolute atomic E-state index is 11.0. The Morgan fingerprint density at radius 3 is 2.64 bits per heavy atom. The average Bonchev–Trinajstić information content (AvgIpc) is 2.16. The lowest BCUT2D eigenvalue weighted by Gasteiger charge is -2.12. The van der Waals surface area contributed by atoms with Crippen molar-refractivity contribution in [3.63, 3.8) is 0 Å². The second-order valence-corrected chi connectivity index (χ2v) is 5.50. The number of hydrogen-bond donors (Lipinski definition) is 0. The van der Waals surface area contributed by atoms with Crippen molar-refractivity contribution in [2.75, 3.05) is 13.7 Å². The molecular weight excluding hydrogens is 196 g/mol. The Labute approximate surface area is 88.4 Å². The van der Waals surface area contributed by atoms with Gasteiger partial charge in [0.05, 0.1) is 6.61 Å². The molecule has 0 aromatic rings. The second kappa shape index (κ2) is 7.76. The van der Waals surface area contributed by atoms with E-state index in [0.29, 0.717) is 17.7 Å². The summed E-state index contributed by atoms with van der Waals surface area (Å²) in [6.45, 7) is 7.80. The van der Waals surface area contributed by atoms with Crippen molar-refractivity contribution in [1.29, 1.82) is 0 Å². The molecule has 0 aliphatic rings. The molecule has 0 saturated heterocycles. The van der Waals surface area contributed by atoms with E-state index in [1.54, 1.807) is 14.0 Å². The molecule has 1 atom stereocenters. The number of ether oxygens (including phenoxy) is 1. The zero-order valence-corrected chi connectivity index (χ0v) is 10.8. The van der Waals surface area contributed by atoms with Crippen LogP contribution in [0.3, 0.4) is 0 Å². The van der Waals surface area contributed by atoms with Crippen LogP contribution in [-0.4, -0.2) is 29.4 Å². The van der Waals surface area contributed by atoms with Gasteiger partial charge in [-0.25, -0.2) is 4.79 Å². The lowest BCUT2D eigenvalue weighted by atomic mass is 10.2. The number of carbonyl (C=O) groups excluding carboxylic acids is 1. The molecule has 1 unspecified atom stereocenters. The Morgan fingerprint density at radius 1 is 1.57 bits per heavy atom. The Bertz CT molecular complexity index is 192. The smallest absolute Gasteiger partial charge is 0.333 e. The predicted molar refractivity (Wildman–Crippen MR) is 60.0 cm³/mol. The van der Waals surface area contributed by atoms with E-state index in [-0.39, 0.29) is 5.97 Å². The molecule has 0 amide bonds. The predicted octanol–water partition coefficient (Wildman–Crippen LogP) is 1.42. The standard InChI is InChI=1S/C10H20O3Si/c1-5-9(14-12-4)6-7-13-10(11)8(2)3/h9H,2,5-7,14H2,1,3-4H3. The van der Waals surface area contributed by atoms with Crippen molar-refractivity contribution in [3.05, 3.63) is 12.2 Å². The van der Waals surface area contributed by atoms with Crippen LogP contribution in [0, 0.1) is 0 Å². The van der Waals surface area contributed by atoms with Crippen LogP contribution in [0.25, 0.3) is 0 Å². The van der Waals surface area contributed by atoms with Gasteiger partial charge in [-0.2, -0.15) is 0 Å². The van der Waals surface area contributed by atoms with Crippen molar-refractivity contribution >= 4 is 15.7 Å².